The molecule has 18 heavy (non-hydrogen) atoms. The molecule has 2 aromatic rings. The third-order valence-electron chi connectivity index (χ3n) is 2.71. The second-order valence-electron chi connectivity index (χ2n) is 3.94. The van der Waals surface area contributed by atoms with Crippen molar-refractivity contribution >= 4 is 11.3 Å². The van der Waals surface area contributed by atoms with E-state index >= 15 is 0 Å². The van der Waals surface area contributed by atoms with Crippen LogP contribution in [0.1, 0.15) is 24.2 Å². The number of hydrogen-bond acceptors (Lipinski definition) is 3. The maximum Gasteiger partial charge on any atom is 0.162 e. The highest BCUT2D eigenvalue weighted by molar-refractivity contribution is 7.07. The number of benzene rings is 1. The normalized spacial score (nSPS) is 12.6. The summed E-state index contributed by atoms with van der Waals surface area (Å²) in [6.45, 7) is 2.72. The number of aromatic nitrogens is 1. The molecule has 1 atom stereocenters. The van der Waals surface area contributed by atoms with Crippen LogP contribution in [0.2, 0.25) is 0 Å². The van der Waals surface area contributed by atoms with Crippen molar-refractivity contribution < 1.29 is 8.78 Å². The van der Waals surface area contributed by atoms with Crippen molar-refractivity contribution in [1.29, 1.82) is 0 Å². The van der Waals surface area contributed by atoms with Gasteiger partial charge in [-0.05, 0) is 24.6 Å². The number of nitrogens with zero attached hydrogens (tertiary/aromatic N) is 1. The molecule has 2 rings (SSSR count). The van der Waals surface area contributed by atoms with Gasteiger partial charge in [-0.3, -0.25) is 0 Å². The first-order valence-corrected chi connectivity index (χ1v) is 6.71. The van der Waals surface area contributed by atoms with E-state index in [1.54, 1.807) is 11.6 Å². The van der Waals surface area contributed by atoms with E-state index in [2.05, 4.69) is 10.3 Å². The molecule has 0 fully saturated rings. The Hall–Kier alpha value is -1.33. The minimum atomic E-state index is -0.805. The first-order valence-electron chi connectivity index (χ1n) is 5.76. The van der Waals surface area contributed by atoms with Gasteiger partial charge in [0.1, 0.15) is 0 Å². The van der Waals surface area contributed by atoms with Crippen molar-refractivity contribution in [3.05, 3.63) is 52.0 Å². The fourth-order valence-corrected chi connectivity index (χ4v) is 2.46. The quantitative estimate of drug-likeness (QED) is 0.900. The lowest BCUT2D eigenvalue weighted by molar-refractivity contribution is 0.478. The van der Waals surface area contributed by atoms with Crippen molar-refractivity contribution in [2.45, 2.75) is 19.4 Å². The van der Waals surface area contributed by atoms with Crippen molar-refractivity contribution in [1.82, 2.24) is 10.3 Å². The van der Waals surface area contributed by atoms with Gasteiger partial charge in [0.05, 0.1) is 17.2 Å². The van der Waals surface area contributed by atoms with E-state index < -0.39 is 11.6 Å². The lowest BCUT2D eigenvalue weighted by Crippen LogP contribution is -2.23. The van der Waals surface area contributed by atoms with Gasteiger partial charge in [0, 0.05) is 5.38 Å². The Morgan fingerprint density at radius 3 is 2.89 bits per heavy atom. The highest BCUT2D eigenvalue weighted by Crippen LogP contribution is 2.21. The molecule has 0 aliphatic carbocycles. The van der Waals surface area contributed by atoms with Gasteiger partial charge in [-0.1, -0.05) is 19.1 Å². The molecule has 0 aliphatic rings. The standard InChI is InChI=1S/C13H14F2N2S/c1-2-16-11(12-7-18-8-17-12)6-9-4-3-5-10(14)13(9)15/h3-5,7-8,11,16H,2,6H2,1H3. The Bertz CT molecular complexity index is 500. The van der Waals surface area contributed by atoms with E-state index in [9.17, 15) is 8.78 Å². The van der Waals surface area contributed by atoms with Gasteiger partial charge >= 0.3 is 0 Å². The molecule has 0 bridgehead atoms. The monoisotopic (exact) mass is 268 g/mol. The summed E-state index contributed by atoms with van der Waals surface area (Å²) < 4.78 is 26.8. The summed E-state index contributed by atoms with van der Waals surface area (Å²) in [5, 5.41) is 5.16. The van der Waals surface area contributed by atoms with E-state index in [-0.39, 0.29) is 6.04 Å². The largest absolute Gasteiger partial charge is 0.309 e. The van der Waals surface area contributed by atoms with Crippen LogP contribution in [0.3, 0.4) is 0 Å². The Balaban J connectivity index is 2.21. The topological polar surface area (TPSA) is 24.9 Å². The molecule has 0 saturated carbocycles. The van der Waals surface area contributed by atoms with Crippen LogP contribution < -0.4 is 5.32 Å². The summed E-state index contributed by atoms with van der Waals surface area (Å²) in [5.74, 6) is -1.57. The number of halogens is 2. The minimum Gasteiger partial charge on any atom is -0.309 e. The SMILES string of the molecule is CCNC(Cc1cccc(F)c1F)c1cscn1. The molecule has 0 saturated heterocycles. The van der Waals surface area contributed by atoms with Crippen LogP contribution in [0, 0.1) is 11.6 Å². The lowest BCUT2D eigenvalue weighted by atomic mass is 10.0. The van der Waals surface area contributed by atoms with Crippen LogP contribution in [0.4, 0.5) is 8.78 Å². The molecule has 2 nitrogen and oxygen atoms in total. The molecule has 0 spiro atoms. The average Bonchev–Trinajstić information content (AvgIpc) is 2.88. The first kappa shape index (κ1) is 13.1. The van der Waals surface area contributed by atoms with Gasteiger partial charge in [-0.15, -0.1) is 11.3 Å². The van der Waals surface area contributed by atoms with Crippen molar-refractivity contribution in [2.24, 2.45) is 0 Å². The van der Waals surface area contributed by atoms with Crippen molar-refractivity contribution in [3.63, 3.8) is 0 Å². The highest BCUT2D eigenvalue weighted by Gasteiger charge is 2.16. The third-order valence-corrected chi connectivity index (χ3v) is 3.32. The zero-order chi connectivity index (χ0) is 13.0. The maximum absolute atomic E-state index is 13.6. The van der Waals surface area contributed by atoms with Crippen LogP contribution in [0.25, 0.3) is 0 Å². The lowest BCUT2D eigenvalue weighted by Gasteiger charge is -2.16. The predicted molar refractivity (Wildman–Crippen MR) is 68.6 cm³/mol. The molecule has 1 aromatic heterocycles. The fraction of sp³-hybridized carbons (Fsp3) is 0.308. The minimum absolute atomic E-state index is 0.0856. The van der Waals surface area contributed by atoms with Crippen molar-refractivity contribution in [3.8, 4) is 0 Å². The van der Waals surface area contributed by atoms with E-state index in [1.165, 1.54) is 17.4 Å². The summed E-state index contributed by atoms with van der Waals surface area (Å²) in [4.78, 5) is 4.22. The van der Waals surface area contributed by atoms with Gasteiger partial charge < -0.3 is 5.32 Å². The van der Waals surface area contributed by atoms with E-state index in [4.69, 9.17) is 0 Å². The second-order valence-corrected chi connectivity index (χ2v) is 4.66. The number of rotatable bonds is 5. The van der Waals surface area contributed by atoms with Crippen LogP contribution in [0.15, 0.2) is 29.1 Å². The smallest absolute Gasteiger partial charge is 0.162 e. The highest BCUT2D eigenvalue weighted by atomic mass is 32.1. The molecule has 1 N–H and O–H groups in total. The van der Waals surface area contributed by atoms with Crippen molar-refractivity contribution in [2.75, 3.05) is 6.54 Å². The molecular formula is C13H14F2N2S. The summed E-state index contributed by atoms with van der Waals surface area (Å²) >= 11 is 1.49. The molecular weight excluding hydrogens is 254 g/mol. The molecule has 0 aliphatic heterocycles. The van der Waals surface area contributed by atoms with Crippen LogP contribution in [0.5, 0.6) is 0 Å². The maximum atomic E-state index is 13.6. The molecule has 5 heteroatoms. The third kappa shape index (κ3) is 2.91. The molecule has 0 amide bonds. The summed E-state index contributed by atoms with van der Waals surface area (Å²) in [7, 11) is 0. The predicted octanol–water partition coefficient (Wildman–Crippen LogP) is 3.31. The average molecular weight is 268 g/mol. The van der Waals surface area contributed by atoms with Crippen LogP contribution >= 0.6 is 11.3 Å². The summed E-state index contributed by atoms with van der Waals surface area (Å²) in [6.07, 6.45) is 0.390. The van der Waals surface area contributed by atoms with Gasteiger partial charge in [-0.25, -0.2) is 13.8 Å². The van der Waals surface area contributed by atoms with Gasteiger partial charge in [0.25, 0.3) is 0 Å². The van der Waals surface area contributed by atoms with Crippen LogP contribution in [-0.4, -0.2) is 11.5 Å². The van der Waals surface area contributed by atoms with Gasteiger partial charge in [0.2, 0.25) is 0 Å². The Morgan fingerprint density at radius 1 is 1.39 bits per heavy atom. The second kappa shape index (κ2) is 6.02. The van der Waals surface area contributed by atoms with E-state index in [0.29, 0.717) is 12.0 Å². The van der Waals surface area contributed by atoms with E-state index in [0.717, 1.165) is 18.3 Å². The zero-order valence-electron chi connectivity index (χ0n) is 9.99. The number of thiazole rings is 1. The zero-order valence-corrected chi connectivity index (χ0v) is 10.8. The Morgan fingerprint density at radius 2 is 2.22 bits per heavy atom. The molecule has 1 heterocycles. The number of hydrogen-bond donors (Lipinski definition) is 1. The van der Waals surface area contributed by atoms with E-state index in [1.807, 2.05) is 12.3 Å². The Kier molecular flexibility index (Phi) is 4.38. The first-order chi connectivity index (χ1) is 8.72. The summed E-state index contributed by atoms with van der Waals surface area (Å²) in [5.41, 5.74) is 2.97. The van der Waals surface area contributed by atoms with Gasteiger partial charge in [-0.2, -0.15) is 0 Å². The molecule has 1 unspecified atom stereocenters. The van der Waals surface area contributed by atoms with Crippen LogP contribution in [-0.2, 0) is 6.42 Å². The Labute approximate surface area is 109 Å². The molecule has 1 aromatic carbocycles. The fourth-order valence-electron chi connectivity index (χ4n) is 1.85. The summed E-state index contributed by atoms with van der Waals surface area (Å²) in [6, 6.07) is 4.18. The number of nitrogens with one attached hydrogen (secondary N) is 1. The molecule has 96 valence electrons. The molecule has 0 radical (unpaired) electrons. The van der Waals surface area contributed by atoms with Gasteiger partial charge in [0.15, 0.2) is 11.6 Å². The number of likely N-dealkylation sites (N-methyl/N-ethyl adjacent to an activating group) is 1.